The third-order valence-corrected chi connectivity index (χ3v) is 3.64. The Bertz CT molecular complexity index is 411. The van der Waals surface area contributed by atoms with Crippen LogP contribution in [0, 0.1) is 12.8 Å². The molecule has 0 heterocycles. The zero-order valence-electron chi connectivity index (χ0n) is 12.6. The average molecular weight is 263 g/mol. The first kappa shape index (κ1) is 15.7. The molecule has 0 saturated carbocycles. The van der Waals surface area contributed by atoms with Gasteiger partial charge in [-0.2, -0.15) is 0 Å². The summed E-state index contributed by atoms with van der Waals surface area (Å²) < 4.78 is 0. The molecule has 0 aliphatic rings. The predicted molar refractivity (Wildman–Crippen MR) is 78.2 cm³/mol. The summed E-state index contributed by atoms with van der Waals surface area (Å²) in [6.07, 6.45) is 0.669. The third kappa shape index (κ3) is 4.35. The van der Waals surface area contributed by atoms with Gasteiger partial charge in [-0.05, 0) is 38.8 Å². The number of carbonyl (C=O) groups is 1. The first-order valence-electron chi connectivity index (χ1n) is 6.84. The molecule has 3 heteroatoms. The Labute approximate surface area is 116 Å². The number of carboxylic acid groups (broad SMARTS) is 1. The number of likely N-dealkylation sites (N-methyl/N-ethyl adjacent to an activating group) is 1. The maximum Gasteiger partial charge on any atom is 0.320 e. The van der Waals surface area contributed by atoms with Gasteiger partial charge >= 0.3 is 5.97 Å². The number of rotatable bonds is 6. The maximum atomic E-state index is 11.4. The van der Waals surface area contributed by atoms with Gasteiger partial charge in [0.25, 0.3) is 0 Å². The second kappa shape index (κ2) is 6.71. The number of benzene rings is 1. The highest BCUT2D eigenvalue weighted by molar-refractivity contribution is 5.73. The van der Waals surface area contributed by atoms with Crippen molar-refractivity contribution in [1.29, 1.82) is 0 Å². The number of hydrogen-bond acceptors (Lipinski definition) is 2. The molecule has 106 valence electrons. The van der Waals surface area contributed by atoms with Crippen molar-refractivity contribution in [3.63, 3.8) is 0 Å². The molecule has 1 N–H and O–H groups in total. The van der Waals surface area contributed by atoms with E-state index in [0.29, 0.717) is 12.3 Å². The Morgan fingerprint density at radius 2 is 1.74 bits per heavy atom. The predicted octanol–water partition coefficient (Wildman–Crippen LogP) is 3.49. The van der Waals surface area contributed by atoms with Crippen LogP contribution in [0.15, 0.2) is 24.3 Å². The minimum atomic E-state index is -0.741. The van der Waals surface area contributed by atoms with E-state index in [4.69, 9.17) is 0 Å². The molecule has 19 heavy (non-hydrogen) atoms. The van der Waals surface area contributed by atoms with Gasteiger partial charge in [-0.15, -0.1) is 0 Å². The van der Waals surface area contributed by atoms with E-state index in [1.807, 2.05) is 11.9 Å². The Hall–Kier alpha value is -1.35. The van der Waals surface area contributed by atoms with Crippen molar-refractivity contribution in [3.05, 3.63) is 35.4 Å². The van der Waals surface area contributed by atoms with E-state index in [1.165, 1.54) is 5.56 Å². The van der Waals surface area contributed by atoms with Gasteiger partial charge in [0.1, 0.15) is 6.04 Å². The van der Waals surface area contributed by atoms with Gasteiger partial charge in [0.05, 0.1) is 0 Å². The summed E-state index contributed by atoms with van der Waals surface area (Å²) in [5, 5.41) is 9.39. The van der Waals surface area contributed by atoms with Crippen LogP contribution in [0.4, 0.5) is 0 Å². The number of hydrogen-bond donors (Lipinski definition) is 1. The summed E-state index contributed by atoms with van der Waals surface area (Å²) in [6, 6.07) is 7.95. The van der Waals surface area contributed by atoms with E-state index in [1.54, 1.807) is 0 Å². The fourth-order valence-electron chi connectivity index (χ4n) is 2.24. The summed E-state index contributed by atoms with van der Waals surface area (Å²) >= 11 is 0. The molecule has 3 nitrogen and oxygen atoms in total. The van der Waals surface area contributed by atoms with Crippen LogP contribution in [0.1, 0.15) is 44.4 Å². The van der Waals surface area contributed by atoms with Crippen LogP contribution in [-0.4, -0.2) is 29.1 Å². The van der Waals surface area contributed by atoms with Crippen molar-refractivity contribution >= 4 is 5.97 Å². The quantitative estimate of drug-likeness (QED) is 0.854. The van der Waals surface area contributed by atoms with E-state index in [-0.39, 0.29) is 6.04 Å². The summed E-state index contributed by atoms with van der Waals surface area (Å²) in [5.41, 5.74) is 2.37. The van der Waals surface area contributed by atoms with Crippen molar-refractivity contribution in [2.75, 3.05) is 7.05 Å². The Morgan fingerprint density at radius 3 is 2.16 bits per heavy atom. The Kier molecular flexibility index (Phi) is 5.55. The summed E-state index contributed by atoms with van der Waals surface area (Å²) in [7, 11) is 1.89. The highest BCUT2D eigenvalue weighted by atomic mass is 16.4. The van der Waals surface area contributed by atoms with Crippen LogP contribution in [0.5, 0.6) is 0 Å². The van der Waals surface area contributed by atoms with Crippen molar-refractivity contribution < 1.29 is 9.90 Å². The number of aliphatic carboxylic acids is 1. The van der Waals surface area contributed by atoms with Crippen LogP contribution in [0.3, 0.4) is 0 Å². The molecule has 0 amide bonds. The zero-order valence-corrected chi connectivity index (χ0v) is 12.6. The summed E-state index contributed by atoms with van der Waals surface area (Å²) in [5.74, 6) is -0.371. The first-order valence-corrected chi connectivity index (χ1v) is 6.84. The molecule has 1 aromatic rings. The normalized spacial score (nSPS) is 14.7. The zero-order chi connectivity index (χ0) is 14.6. The molecule has 0 radical (unpaired) electrons. The van der Waals surface area contributed by atoms with E-state index in [2.05, 4.69) is 52.0 Å². The number of nitrogens with zero attached hydrogens (tertiary/aromatic N) is 1. The van der Waals surface area contributed by atoms with Crippen molar-refractivity contribution in [2.45, 2.75) is 46.2 Å². The SMILES string of the molecule is Cc1ccc(C(C)N(C)C(CC(C)C)C(=O)O)cc1. The molecule has 0 aromatic heterocycles. The van der Waals surface area contributed by atoms with Gasteiger partial charge in [0, 0.05) is 6.04 Å². The fourth-order valence-corrected chi connectivity index (χ4v) is 2.24. The summed E-state index contributed by atoms with van der Waals surface area (Å²) in [6.45, 7) is 8.22. The Morgan fingerprint density at radius 1 is 1.21 bits per heavy atom. The monoisotopic (exact) mass is 263 g/mol. The average Bonchev–Trinajstić information content (AvgIpc) is 2.34. The van der Waals surface area contributed by atoms with Gasteiger partial charge in [-0.25, -0.2) is 0 Å². The molecular weight excluding hydrogens is 238 g/mol. The lowest BCUT2D eigenvalue weighted by atomic mass is 9.99. The molecule has 0 aliphatic carbocycles. The van der Waals surface area contributed by atoms with E-state index < -0.39 is 12.0 Å². The minimum Gasteiger partial charge on any atom is -0.480 e. The highest BCUT2D eigenvalue weighted by Crippen LogP contribution is 2.24. The molecule has 0 fully saturated rings. The second-order valence-electron chi connectivity index (χ2n) is 5.74. The molecule has 2 unspecified atom stereocenters. The third-order valence-electron chi connectivity index (χ3n) is 3.64. The topological polar surface area (TPSA) is 40.5 Å². The maximum absolute atomic E-state index is 11.4. The van der Waals surface area contributed by atoms with Crippen LogP contribution in [0.2, 0.25) is 0 Å². The molecule has 2 atom stereocenters. The molecular formula is C16H25NO2. The number of aryl methyl sites for hydroxylation is 1. The van der Waals surface area contributed by atoms with Crippen LogP contribution in [0.25, 0.3) is 0 Å². The smallest absolute Gasteiger partial charge is 0.320 e. The molecule has 0 spiro atoms. The van der Waals surface area contributed by atoms with Crippen LogP contribution < -0.4 is 0 Å². The van der Waals surface area contributed by atoms with Gasteiger partial charge in [0.15, 0.2) is 0 Å². The molecule has 1 rings (SSSR count). The molecule has 0 bridgehead atoms. The van der Waals surface area contributed by atoms with Crippen LogP contribution in [-0.2, 0) is 4.79 Å². The van der Waals surface area contributed by atoms with Crippen molar-refractivity contribution in [3.8, 4) is 0 Å². The lowest BCUT2D eigenvalue weighted by molar-refractivity contribution is -0.144. The van der Waals surface area contributed by atoms with Gasteiger partial charge in [0.2, 0.25) is 0 Å². The lowest BCUT2D eigenvalue weighted by Gasteiger charge is -2.31. The first-order chi connectivity index (χ1) is 8.82. The number of carboxylic acids is 1. The highest BCUT2D eigenvalue weighted by Gasteiger charge is 2.27. The summed E-state index contributed by atoms with van der Waals surface area (Å²) in [4.78, 5) is 13.4. The van der Waals surface area contributed by atoms with Crippen molar-refractivity contribution in [2.24, 2.45) is 5.92 Å². The van der Waals surface area contributed by atoms with Crippen molar-refractivity contribution in [1.82, 2.24) is 4.90 Å². The minimum absolute atomic E-state index is 0.0976. The molecule has 1 aromatic carbocycles. The lowest BCUT2D eigenvalue weighted by Crippen LogP contribution is -2.40. The molecule has 0 saturated heterocycles. The standard InChI is InChI=1S/C16H25NO2/c1-11(2)10-15(16(18)19)17(5)13(4)14-8-6-12(3)7-9-14/h6-9,11,13,15H,10H2,1-5H3,(H,18,19). The fraction of sp³-hybridized carbons (Fsp3) is 0.562. The van der Waals surface area contributed by atoms with Gasteiger partial charge < -0.3 is 5.11 Å². The van der Waals surface area contributed by atoms with E-state index in [0.717, 1.165) is 5.56 Å². The Balaban J connectivity index is 2.86. The van der Waals surface area contributed by atoms with Gasteiger partial charge in [-0.3, -0.25) is 9.69 Å². The van der Waals surface area contributed by atoms with Gasteiger partial charge in [-0.1, -0.05) is 43.7 Å². The largest absolute Gasteiger partial charge is 0.480 e. The second-order valence-corrected chi connectivity index (χ2v) is 5.74. The van der Waals surface area contributed by atoms with E-state index in [9.17, 15) is 9.90 Å². The molecule has 0 aliphatic heterocycles. The van der Waals surface area contributed by atoms with E-state index >= 15 is 0 Å². The van der Waals surface area contributed by atoms with Crippen LogP contribution >= 0.6 is 0 Å².